The van der Waals surface area contributed by atoms with Gasteiger partial charge in [0.2, 0.25) is 0 Å². The van der Waals surface area contributed by atoms with Crippen LogP contribution in [0.1, 0.15) is 56.1 Å². The number of halogens is 1. The Morgan fingerprint density at radius 1 is 0.962 bits per heavy atom. The van der Waals surface area contributed by atoms with Crippen LogP contribution < -0.4 is 0 Å². The van der Waals surface area contributed by atoms with Gasteiger partial charge in [-0.05, 0) is 84.2 Å². The molecule has 0 bridgehead atoms. The van der Waals surface area contributed by atoms with Gasteiger partial charge in [-0.1, -0.05) is 37.3 Å². The molecule has 3 aliphatic rings. The third-order valence-electron chi connectivity index (χ3n) is 7.61. The lowest BCUT2D eigenvalue weighted by Crippen LogP contribution is -2.42. The van der Waals surface area contributed by atoms with Gasteiger partial charge in [0.25, 0.3) is 0 Å². The molecule has 0 amide bonds. The van der Waals surface area contributed by atoms with E-state index in [-0.39, 0.29) is 11.2 Å². The lowest BCUT2D eigenvalue weighted by molar-refractivity contribution is -0.129. The van der Waals surface area contributed by atoms with E-state index in [1.54, 1.807) is 0 Å². The van der Waals surface area contributed by atoms with Crippen LogP contribution in [0.5, 0.6) is 0 Å². The van der Waals surface area contributed by atoms with Gasteiger partial charge in [-0.2, -0.15) is 0 Å². The quantitative estimate of drug-likeness (QED) is 0.625. The first-order valence-electron chi connectivity index (χ1n) is 9.98. The zero-order valence-corrected chi connectivity index (χ0v) is 15.3. The van der Waals surface area contributed by atoms with Gasteiger partial charge < -0.3 is 0 Å². The van der Waals surface area contributed by atoms with Gasteiger partial charge in [0.1, 0.15) is 11.6 Å². The van der Waals surface area contributed by atoms with E-state index in [1.807, 2.05) is 12.1 Å². The molecule has 134 valence electrons. The van der Waals surface area contributed by atoms with Gasteiger partial charge in [-0.25, -0.2) is 4.39 Å². The van der Waals surface area contributed by atoms with Crippen molar-refractivity contribution in [2.24, 2.45) is 17.3 Å². The van der Waals surface area contributed by atoms with Crippen molar-refractivity contribution in [1.82, 2.24) is 0 Å². The van der Waals surface area contributed by atoms with E-state index in [1.165, 1.54) is 35.2 Å². The summed E-state index contributed by atoms with van der Waals surface area (Å²) in [5, 5.41) is 0. The van der Waals surface area contributed by atoms with Crippen LogP contribution in [0.25, 0.3) is 11.1 Å². The number of hydrogen-bond donors (Lipinski definition) is 0. The van der Waals surface area contributed by atoms with E-state index in [0.717, 1.165) is 37.7 Å². The number of Topliss-reactive ketones (excluding diaryl/α,β-unsaturated/α-hetero) is 1. The summed E-state index contributed by atoms with van der Waals surface area (Å²) in [7, 11) is 0. The zero-order chi connectivity index (χ0) is 17.9. The van der Waals surface area contributed by atoms with E-state index in [4.69, 9.17) is 0 Å². The fourth-order valence-corrected chi connectivity index (χ4v) is 6.18. The minimum atomic E-state index is -0.189. The van der Waals surface area contributed by atoms with Gasteiger partial charge in [0.15, 0.2) is 0 Å². The van der Waals surface area contributed by atoms with Crippen LogP contribution in [0, 0.1) is 23.1 Å². The van der Waals surface area contributed by atoms with Crippen molar-refractivity contribution < 1.29 is 9.18 Å². The van der Waals surface area contributed by atoms with E-state index in [2.05, 4.69) is 25.1 Å². The van der Waals surface area contributed by atoms with Gasteiger partial charge >= 0.3 is 0 Å². The fraction of sp³-hybridized carbons (Fsp3) is 0.458. The lowest BCUT2D eigenvalue weighted by atomic mass is 9.55. The normalized spacial score (nSPS) is 32.7. The lowest BCUT2D eigenvalue weighted by Gasteiger charge is -2.48. The largest absolute Gasteiger partial charge is 0.299 e. The monoisotopic (exact) mass is 348 g/mol. The fourth-order valence-electron chi connectivity index (χ4n) is 6.18. The van der Waals surface area contributed by atoms with E-state index < -0.39 is 0 Å². The van der Waals surface area contributed by atoms with E-state index >= 15 is 0 Å². The average Bonchev–Trinajstić information content (AvgIpc) is 2.97. The van der Waals surface area contributed by atoms with E-state index in [0.29, 0.717) is 23.5 Å². The van der Waals surface area contributed by atoms with Crippen LogP contribution >= 0.6 is 0 Å². The smallest absolute Gasteiger partial charge is 0.139 e. The average molecular weight is 348 g/mol. The van der Waals surface area contributed by atoms with Crippen molar-refractivity contribution in [3.05, 3.63) is 59.4 Å². The van der Waals surface area contributed by atoms with Crippen molar-refractivity contribution in [2.75, 3.05) is 0 Å². The molecule has 0 radical (unpaired) electrons. The predicted molar refractivity (Wildman–Crippen MR) is 101 cm³/mol. The summed E-state index contributed by atoms with van der Waals surface area (Å²) < 4.78 is 13.2. The highest BCUT2D eigenvalue weighted by Gasteiger charge is 2.54. The molecule has 2 aromatic rings. The minimum absolute atomic E-state index is 0.0489. The van der Waals surface area contributed by atoms with Crippen molar-refractivity contribution in [3.8, 4) is 11.1 Å². The molecule has 2 heteroatoms. The molecule has 0 saturated heterocycles. The summed E-state index contributed by atoms with van der Waals surface area (Å²) in [5.74, 6) is 2.19. The summed E-state index contributed by atoms with van der Waals surface area (Å²) in [4.78, 5) is 12.4. The molecule has 1 nitrogen and oxygen atoms in total. The van der Waals surface area contributed by atoms with Crippen molar-refractivity contribution in [1.29, 1.82) is 0 Å². The van der Waals surface area contributed by atoms with Crippen LogP contribution in [0.4, 0.5) is 4.39 Å². The first kappa shape index (κ1) is 16.2. The molecule has 3 aliphatic carbocycles. The minimum Gasteiger partial charge on any atom is -0.299 e. The van der Waals surface area contributed by atoms with E-state index in [9.17, 15) is 9.18 Å². The third-order valence-corrected chi connectivity index (χ3v) is 7.61. The number of fused-ring (bicyclic) bond motifs is 5. The Morgan fingerprint density at radius 2 is 1.73 bits per heavy atom. The molecule has 0 aromatic heterocycles. The molecule has 26 heavy (non-hydrogen) atoms. The number of ketones is 1. The van der Waals surface area contributed by atoms with Crippen LogP contribution in [0.3, 0.4) is 0 Å². The molecular formula is C24H25FO. The van der Waals surface area contributed by atoms with Crippen LogP contribution in [-0.4, -0.2) is 5.78 Å². The van der Waals surface area contributed by atoms with Gasteiger partial charge in [-0.3, -0.25) is 4.79 Å². The summed E-state index contributed by atoms with van der Waals surface area (Å²) in [6.45, 7) is 2.23. The number of aryl methyl sites for hydroxylation is 1. The molecule has 0 unspecified atom stereocenters. The Kier molecular flexibility index (Phi) is 3.60. The molecule has 2 saturated carbocycles. The Morgan fingerprint density at radius 3 is 2.54 bits per heavy atom. The maximum atomic E-state index is 13.2. The SMILES string of the molecule is C[C@]12CC[C@@H]3c4ccc(-c5ccc(F)cc5)cc4CC[C@H]3[C@@H]1CCC2=O. The Bertz CT molecular complexity index is 868. The molecular weight excluding hydrogens is 323 g/mol. The number of carbonyl (C=O) groups is 1. The van der Waals surface area contributed by atoms with Gasteiger partial charge in [-0.15, -0.1) is 0 Å². The van der Waals surface area contributed by atoms with Crippen molar-refractivity contribution in [3.63, 3.8) is 0 Å². The molecule has 2 fully saturated rings. The molecule has 0 aliphatic heterocycles. The van der Waals surface area contributed by atoms with Gasteiger partial charge in [0.05, 0.1) is 0 Å². The molecule has 4 atom stereocenters. The summed E-state index contributed by atoms with van der Waals surface area (Å²) >= 11 is 0. The van der Waals surface area contributed by atoms with Crippen molar-refractivity contribution >= 4 is 5.78 Å². The number of carbonyl (C=O) groups excluding carboxylic acids is 1. The Hall–Kier alpha value is -1.96. The molecule has 2 aromatic carbocycles. The number of benzene rings is 2. The summed E-state index contributed by atoms with van der Waals surface area (Å²) in [5.41, 5.74) is 5.18. The van der Waals surface area contributed by atoms with Crippen LogP contribution in [0.2, 0.25) is 0 Å². The number of rotatable bonds is 1. The first-order valence-corrected chi connectivity index (χ1v) is 9.98. The van der Waals surface area contributed by atoms with Crippen LogP contribution in [-0.2, 0) is 11.2 Å². The summed E-state index contributed by atoms with van der Waals surface area (Å²) in [6.07, 6.45) is 6.40. The highest BCUT2D eigenvalue weighted by molar-refractivity contribution is 5.87. The Balaban J connectivity index is 1.48. The zero-order valence-electron chi connectivity index (χ0n) is 15.3. The highest BCUT2D eigenvalue weighted by Crippen LogP contribution is 2.59. The predicted octanol–water partition coefficient (Wildman–Crippen LogP) is 5.92. The highest BCUT2D eigenvalue weighted by atomic mass is 19.1. The topological polar surface area (TPSA) is 17.1 Å². The third kappa shape index (κ3) is 2.31. The first-order chi connectivity index (χ1) is 12.6. The van der Waals surface area contributed by atoms with Crippen molar-refractivity contribution in [2.45, 2.75) is 51.4 Å². The second-order valence-corrected chi connectivity index (χ2v) is 8.75. The standard InChI is InChI=1S/C24H25FO/c1-24-13-12-20-19-8-4-16(15-2-6-18(25)7-3-15)14-17(19)5-9-21(20)22(24)10-11-23(24)26/h2-4,6-8,14,20-22H,5,9-13H2,1H3/t20-,21-,22+,24+/m1/s1. The Labute approximate surface area is 154 Å². The van der Waals surface area contributed by atoms with Gasteiger partial charge in [0, 0.05) is 11.8 Å². The maximum absolute atomic E-state index is 13.2. The summed E-state index contributed by atoms with van der Waals surface area (Å²) in [6, 6.07) is 13.6. The molecule has 0 heterocycles. The molecule has 5 rings (SSSR count). The molecule has 0 N–H and O–H groups in total. The second kappa shape index (κ2) is 5.77. The molecule has 0 spiro atoms. The maximum Gasteiger partial charge on any atom is 0.139 e. The second-order valence-electron chi connectivity index (χ2n) is 8.75. The number of hydrogen-bond acceptors (Lipinski definition) is 1. The van der Waals surface area contributed by atoms with Crippen LogP contribution in [0.15, 0.2) is 42.5 Å².